The Bertz CT molecular complexity index is 483. The highest BCUT2D eigenvalue weighted by Crippen LogP contribution is 2.09. The lowest BCUT2D eigenvalue weighted by molar-refractivity contribution is 0.0372. The molecule has 164 valence electrons. The third kappa shape index (κ3) is 12.0. The van der Waals surface area contributed by atoms with E-state index < -0.39 is 17.2 Å². The van der Waals surface area contributed by atoms with Crippen molar-refractivity contribution in [2.75, 3.05) is 52.5 Å². The van der Waals surface area contributed by atoms with Crippen molar-refractivity contribution in [2.24, 2.45) is 4.99 Å². The van der Waals surface area contributed by atoms with Crippen LogP contribution in [0.5, 0.6) is 0 Å². The monoisotopic (exact) mass is 399 g/mol. The number of carbonyl (C=O) groups excluding carboxylic acids is 1. The summed E-state index contributed by atoms with van der Waals surface area (Å²) < 4.78 is 10.7. The maximum absolute atomic E-state index is 12.0. The number of hydrogen-bond acceptors (Lipinski definition) is 5. The Morgan fingerprint density at radius 2 is 1.79 bits per heavy atom. The Kier molecular flexibility index (Phi) is 10.6. The molecule has 28 heavy (non-hydrogen) atoms. The molecule has 0 aromatic carbocycles. The van der Waals surface area contributed by atoms with E-state index in [0.717, 1.165) is 64.7 Å². The van der Waals surface area contributed by atoms with Gasteiger partial charge in [-0.2, -0.15) is 0 Å². The molecule has 1 heterocycles. The number of alkyl carbamates (subject to hydrolysis) is 1. The van der Waals surface area contributed by atoms with Gasteiger partial charge in [0.25, 0.3) is 0 Å². The number of guanidine groups is 1. The van der Waals surface area contributed by atoms with Gasteiger partial charge in [0.2, 0.25) is 0 Å². The number of aliphatic imine (C=N–C) groups is 1. The summed E-state index contributed by atoms with van der Waals surface area (Å²) in [6.07, 6.45) is 1.81. The molecule has 0 bridgehead atoms. The second-order valence-electron chi connectivity index (χ2n) is 8.79. The van der Waals surface area contributed by atoms with Crippen LogP contribution in [0.25, 0.3) is 0 Å². The first-order valence-electron chi connectivity index (χ1n) is 10.4. The topological polar surface area (TPSA) is 87.2 Å². The molecule has 0 spiro atoms. The van der Waals surface area contributed by atoms with Crippen molar-refractivity contribution >= 4 is 12.1 Å². The molecule has 0 atom stereocenters. The van der Waals surface area contributed by atoms with Crippen molar-refractivity contribution < 1.29 is 14.3 Å². The fraction of sp³-hybridized carbons (Fsp3) is 0.900. The fourth-order valence-electron chi connectivity index (χ4n) is 2.73. The van der Waals surface area contributed by atoms with Gasteiger partial charge < -0.3 is 25.4 Å². The van der Waals surface area contributed by atoms with Crippen molar-refractivity contribution in [3.63, 3.8) is 0 Å². The molecular formula is C20H41N5O3. The van der Waals surface area contributed by atoms with Gasteiger partial charge >= 0.3 is 6.09 Å². The Morgan fingerprint density at radius 1 is 1.11 bits per heavy atom. The molecule has 3 N–H and O–H groups in total. The maximum atomic E-state index is 12.0. The average molecular weight is 400 g/mol. The number of unbranched alkanes of at least 4 members (excludes halogenated alkanes) is 1. The number of ether oxygens (including phenoxy) is 2. The van der Waals surface area contributed by atoms with Crippen LogP contribution in [-0.2, 0) is 9.47 Å². The zero-order valence-corrected chi connectivity index (χ0v) is 18.7. The van der Waals surface area contributed by atoms with Crippen LogP contribution in [0.3, 0.4) is 0 Å². The molecule has 0 aromatic heterocycles. The zero-order chi connectivity index (χ0) is 21.0. The van der Waals surface area contributed by atoms with E-state index in [9.17, 15) is 4.79 Å². The Morgan fingerprint density at radius 3 is 2.39 bits per heavy atom. The molecule has 8 nitrogen and oxygen atoms in total. The van der Waals surface area contributed by atoms with Crippen molar-refractivity contribution in [3.05, 3.63) is 0 Å². The first kappa shape index (κ1) is 24.5. The van der Waals surface area contributed by atoms with Crippen LogP contribution in [0.1, 0.15) is 54.4 Å². The normalized spacial score (nSPS) is 16.6. The van der Waals surface area contributed by atoms with E-state index in [-0.39, 0.29) is 0 Å². The molecular weight excluding hydrogens is 358 g/mol. The van der Waals surface area contributed by atoms with Gasteiger partial charge in [0, 0.05) is 26.2 Å². The summed E-state index contributed by atoms with van der Waals surface area (Å²) in [6, 6.07) is 0. The summed E-state index contributed by atoms with van der Waals surface area (Å²) in [5.74, 6) is 0.771. The fourth-order valence-corrected chi connectivity index (χ4v) is 2.73. The van der Waals surface area contributed by atoms with Gasteiger partial charge in [0.05, 0.1) is 25.3 Å². The molecule has 1 fully saturated rings. The van der Waals surface area contributed by atoms with Crippen LogP contribution in [0.2, 0.25) is 0 Å². The summed E-state index contributed by atoms with van der Waals surface area (Å²) in [7, 11) is 0. The molecule has 1 aliphatic heterocycles. The number of nitrogens with zero attached hydrogens (tertiary/aromatic N) is 2. The molecule has 0 saturated carbocycles. The van der Waals surface area contributed by atoms with Crippen molar-refractivity contribution in [1.29, 1.82) is 0 Å². The summed E-state index contributed by atoms with van der Waals surface area (Å²) >= 11 is 0. The maximum Gasteiger partial charge on any atom is 0.408 e. The first-order chi connectivity index (χ1) is 13.1. The summed E-state index contributed by atoms with van der Waals surface area (Å²) in [6.45, 7) is 18.5. The molecule has 0 aliphatic carbocycles. The number of rotatable bonds is 9. The second-order valence-corrected chi connectivity index (χ2v) is 8.79. The van der Waals surface area contributed by atoms with Crippen molar-refractivity contribution in [2.45, 2.75) is 65.5 Å². The molecule has 8 heteroatoms. The van der Waals surface area contributed by atoms with Gasteiger partial charge in [0.15, 0.2) is 5.96 Å². The Labute approximate surface area is 170 Å². The summed E-state index contributed by atoms with van der Waals surface area (Å²) in [5, 5.41) is 9.51. The predicted octanol–water partition coefficient (Wildman–Crippen LogP) is 1.96. The van der Waals surface area contributed by atoms with Crippen molar-refractivity contribution in [3.8, 4) is 0 Å². The molecule has 1 amide bonds. The lowest BCUT2D eigenvalue weighted by Gasteiger charge is -2.27. The van der Waals surface area contributed by atoms with Gasteiger partial charge in [0.1, 0.15) is 5.60 Å². The number of amides is 1. The van der Waals surface area contributed by atoms with Crippen molar-refractivity contribution in [1.82, 2.24) is 20.9 Å². The minimum absolute atomic E-state index is 0.422. The van der Waals surface area contributed by atoms with Gasteiger partial charge in [-0.15, -0.1) is 0 Å². The number of carbonyl (C=O) groups is 1. The first-order valence-corrected chi connectivity index (χ1v) is 10.4. The highest BCUT2D eigenvalue weighted by Gasteiger charge is 2.24. The third-order valence-electron chi connectivity index (χ3n) is 4.11. The van der Waals surface area contributed by atoms with E-state index >= 15 is 0 Å². The minimum Gasteiger partial charge on any atom is -0.444 e. The second kappa shape index (κ2) is 12.1. The molecule has 0 radical (unpaired) electrons. The predicted molar refractivity (Wildman–Crippen MR) is 114 cm³/mol. The Hall–Kier alpha value is -1.54. The molecule has 1 saturated heterocycles. The number of morpholine rings is 1. The highest BCUT2D eigenvalue weighted by atomic mass is 16.6. The number of hydrogen-bond donors (Lipinski definition) is 3. The lowest BCUT2D eigenvalue weighted by Crippen LogP contribution is -2.49. The van der Waals surface area contributed by atoms with Crippen LogP contribution in [0, 0.1) is 0 Å². The zero-order valence-electron chi connectivity index (χ0n) is 18.7. The van der Waals surface area contributed by atoms with E-state index in [4.69, 9.17) is 9.47 Å². The molecule has 0 aromatic rings. The lowest BCUT2D eigenvalue weighted by atomic mass is 10.1. The van der Waals surface area contributed by atoms with Crippen LogP contribution in [0.4, 0.5) is 4.79 Å². The SMILES string of the molecule is CCNC(=NCC(C)(C)NC(=O)OC(C)(C)C)NCCCCN1CCOCC1. The van der Waals surface area contributed by atoms with E-state index in [1.54, 1.807) is 0 Å². The van der Waals surface area contributed by atoms with E-state index in [1.807, 2.05) is 41.5 Å². The van der Waals surface area contributed by atoms with E-state index in [1.165, 1.54) is 0 Å². The Balaban J connectivity index is 2.35. The van der Waals surface area contributed by atoms with E-state index in [2.05, 4.69) is 25.8 Å². The van der Waals surface area contributed by atoms with Crippen LogP contribution in [-0.4, -0.2) is 80.6 Å². The highest BCUT2D eigenvalue weighted by molar-refractivity contribution is 5.79. The molecule has 1 aliphatic rings. The van der Waals surface area contributed by atoms with Gasteiger partial charge in [-0.25, -0.2) is 4.79 Å². The standard InChI is InChI=1S/C20H41N5O3/c1-7-21-17(22-10-8-9-11-25-12-14-27-15-13-25)23-16-20(5,6)24-18(26)28-19(2,3)4/h7-16H2,1-6H3,(H,24,26)(H2,21,22,23). The van der Waals surface area contributed by atoms with Crippen LogP contribution >= 0.6 is 0 Å². The van der Waals surface area contributed by atoms with Gasteiger partial charge in [-0.3, -0.25) is 9.89 Å². The van der Waals surface area contributed by atoms with E-state index in [0.29, 0.717) is 6.54 Å². The largest absolute Gasteiger partial charge is 0.444 e. The van der Waals surface area contributed by atoms with Gasteiger partial charge in [-0.1, -0.05) is 0 Å². The average Bonchev–Trinajstić information content (AvgIpc) is 2.58. The van der Waals surface area contributed by atoms with Crippen LogP contribution in [0.15, 0.2) is 4.99 Å². The number of nitrogens with one attached hydrogen (secondary N) is 3. The van der Waals surface area contributed by atoms with Crippen LogP contribution < -0.4 is 16.0 Å². The summed E-state index contributed by atoms with van der Waals surface area (Å²) in [5.41, 5.74) is -1.01. The molecule has 0 unspecified atom stereocenters. The molecule has 1 rings (SSSR count). The van der Waals surface area contributed by atoms with Gasteiger partial charge in [-0.05, 0) is 60.9 Å². The third-order valence-corrected chi connectivity index (χ3v) is 4.11. The minimum atomic E-state index is -0.513. The smallest absolute Gasteiger partial charge is 0.408 e. The summed E-state index contributed by atoms with van der Waals surface area (Å²) in [4.78, 5) is 19.1. The quantitative estimate of drug-likeness (QED) is 0.312.